The fraction of sp³-hybridized carbons (Fsp3) is 1.00. The van der Waals surface area contributed by atoms with Gasteiger partial charge >= 0.3 is 0 Å². The molecule has 94 valence electrons. The van der Waals surface area contributed by atoms with E-state index in [1.165, 1.54) is 32.4 Å². The number of hydrogen-bond acceptors (Lipinski definition) is 4. The van der Waals surface area contributed by atoms with E-state index >= 15 is 0 Å². The fourth-order valence-corrected chi connectivity index (χ4v) is 2.65. The minimum Gasteiger partial charge on any atom is -0.354 e. The molecule has 1 aliphatic heterocycles. The van der Waals surface area contributed by atoms with Crippen LogP contribution in [0.3, 0.4) is 0 Å². The Hall–Kier alpha value is -0.160. The van der Waals surface area contributed by atoms with Crippen molar-refractivity contribution < 1.29 is 9.47 Å². The summed E-state index contributed by atoms with van der Waals surface area (Å²) in [6.45, 7) is 4.56. The first-order valence-corrected chi connectivity index (χ1v) is 6.30. The Morgan fingerprint density at radius 3 is 2.44 bits per heavy atom. The second kappa shape index (κ2) is 5.45. The molecule has 0 aromatic carbocycles. The third-order valence-corrected chi connectivity index (χ3v) is 3.65. The zero-order valence-corrected chi connectivity index (χ0v) is 10.6. The van der Waals surface area contributed by atoms with Crippen LogP contribution in [-0.4, -0.2) is 56.6 Å². The van der Waals surface area contributed by atoms with Gasteiger partial charge in [0.25, 0.3) is 0 Å². The van der Waals surface area contributed by atoms with Crippen LogP contribution < -0.4 is 5.32 Å². The van der Waals surface area contributed by atoms with E-state index in [0.717, 1.165) is 6.04 Å². The highest BCUT2D eigenvalue weighted by molar-refractivity contribution is 4.92. The van der Waals surface area contributed by atoms with Gasteiger partial charge in [0.05, 0.1) is 6.04 Å². The Morgan fingerprint density at radius 2 is 1.88 bits per heavy atom. The maximum Gasteiger partial charge on any atom is 0.171 e. The topological polar surface area (TPSA) is 33.7 Å². The lowest BCUT2D eigenvalue weighted by Crippen LogP contribution is -2.46. The number of rotatable bonds is 6. The van der Waals surface area contributed by atoms with Gasteiger partial charge in [-0.1, -0.05) is 0 Å². The van der Waals surface area contributed by atoms with E-state index < -0.39 is 0 Å². The van der Waals surface area contributed by atoms with Crippen LogP contribution in [0.1, 0.15) is 26.2 Å². The summed E-state index contributed by atoms with van der Waals surface area (Å²) in [4.78, 5) is 2.61. The number of nitrogens with zero attached hydrogens (tertiary/aromatic N) is 1. The van der Waals surface area contributed by atoms with Gasteiger partial charge in [-0.3, -0.25) is 4.90 Å². The summed E-state index contributed by atoms with van der Waals surface area (Å²) in [6, 6.07) is 1.74. The third-order valence-electron chi connectivity index (χ3n) is 3.65. The Kier molecular flexibility index (Phi) is 4.19. The second-order valence-electron chi connectivity index (χ2n) is 5.01. The summed E-state index contributed by atoms with van der Waals surface area (Å²) in [5.74, 6) is 0. The van der Waals surface area contributed by atoms with Crippen LogP contribution in [0.2, 0.25) is 0 Å². The molecule has 4 nitrogen and oxygen atoms in total. The minimum atomic E-state index is -0.144. The van der Waals surface area contributed by atoms with Crippen molar-refractivity contribution in [2.24, 2.45) is 0 Å². The van der Waals surface area contributed by atoms with Crippen LogP contribution in [0.25, 0.3) is 0 Å². The zero-order chi connectivity index (χ0) is 11.5. The maximum atomic E-state index is 5.26. The van der Waals surface area contributed by atoms with E-state index in [1.807, 2.05) is 0 Å². The predicted molar refractivity (Wildman–Crippen MR) is 63.4 cm³/mol. The average molecular weight is 228 g/mol. The lowest BCUT2D eigenvalue weighted by Gasteiger charge is -2.25. The lowest BCUT2D eigenvalue weighted by molar-refractivity contribution is -0.120. The quantitative estimate of drug-likeness (QED) is 0.683. The van der Waals surface area contributed by atoms with Gasteiger partial charge < -0.3 is 14.8 Å². The molecule has 1 N–H and O–H groups in total. The Balaban J connectivity index is 1.72. The molecule has 0 aromatic rings. The first-order chi connectivity index (χ1) is 7.74. The molecular formula is C12H24N2O2. The van der Waals surface area contributed by atoms with Crippen molar-refractivity contribution in [3.63, 3.8) is 0 Å². The van der Waals surface area contributed by atoms with E-state index in [-0.39, 0.29) is 12.3 Å². The van der Waals surface area contributed by atoms with Crippen molar-refractivity contribution in [3.8, 4) is 0 Å². The second-order valence-corrected chi connectivity index (χ2v) is 5.01. The SMILES string of the molecule is COC(OC)C(C)NC1CCN(C2CC2)C1. The molecule has 0 radical (unpaired) electrons. The van der Waals surface area contributed by atoms with Gasteiger partial charge in [-0.15, -0.1) is 0 Å². The Labute approximate surface area is 98.3 Å². The molecule has 1 saturated heterocycles. The largest absolute Gasteiger partial charge is 0.354 e. The molecule has 1 saturated carbocycles. The molecule has 1 aliphatic carbocycles. The van der Waals surface area contributed by atoms with E-state index in [4.69, 9.17) is 9.47 Å². The van der Waals surface area contributed by atoms with Crippen molar-refractivity contribution in [1.82, 2.24) is 10.2 Å². The van der Waals surface area contributed by atoms with Gasteiger partial charge in [-0.2, -0.15) is 0 Å². The first kappa shape index (κ1) is 12.3. The van der Waals surface area contributed by atoms with Crippen LogP contribution in [0.4, 0.5) is 0 Å². The molecule has 2 atom stereocenters. The molecule has 2 fully saturated rings. The number of hydrogen-bond donors (Lipinski definition) is 1. The molecule has 4 heteroatoms. The van der Waals surface area contributed by atoms with Crippen molar-refractivity contribution >= 4 is 0 Å². The molecule has 0 amide bonds. The van der Waals surface area contributed by atoms with Crippen LogP contribution in [0.15, 0.2) is 0 Å². The third kappa shape index (κ3) is 2.94. The van der Waals surface area contributed by atoms with E-state index in [1.54, 1.807) is 14.2 Å². The molecule has 16 heavy (non-hydrogen) atoms. The smallest absolute Gasteiger partial charge is 0.171 e. The monoisotopic (exact) mass is 228 g/mol. The van der Waals surface area contributed by atoms with E-state index in [0.29, 0.717) is 6.04 Å². The van der Waals surface area contributed by atoms with Crippen molar-refractivity contribution in [2.75, 3.05) is 27.3 Å². The predicted octanol–water partition coefficient (Wildman–Crippen LogP) is 0.820. The number of likely N-dealkylation sites (tertiary alicyclic amines) is 1. The number of nitrogens with one attached hydrogen (secondary N) is 1. The molecular weight excluding hydrogens is 204 g/mol. The van der Waals surface area contributed by atoms with Crippen molar-refractivity contribution in [1.29, 1.82) is 0 Å². The normalized spacial score (nSPS) is 28.9. The molecule has 1 heterocycles. The van der Waals surface area contributed by atoms with Crippen molar-refractivity contribution in [2.45, 2.75) is 50.6 Å². The zero-order valence-electron chi connectivity index (χ0n) is 10.6. The summed E-state index contributed by atoms with van der Waals surface area (Å²) in [5.41, 5.74) is 0. The number of ether oxygens (including phenoxy) is 2. The summed E-state index contributed by atoms with van der Waals surface area (Å²) in [6.07, 6.45) is 3.92. The highest BCUT2D eigenvalue weighted by atomic mass is 16.7. The fourth-order valence-electron chi connectivity index (χ4n) is 2.65. The van der Waals surface area contributed by atoms with E-state index in [2.05, 4.69) is 17.1 Å². The highest BCUT2D eigenvalue weighted by Gasteiger charge is 2.35. The van der Waals surface area contributed by atoms with Gasteiger partial charge in [0, 0.05) is 39.4 Å². The van der Waals surface area contributed by atoms with Crippen LogP contribution in [0, 0.1) is 0 Å². The van der Waals surface area contributed by atoms with Crippen LogP contribution in [0.5, 0.6) is 0 Å². The maximum absolute atomic E-state index is 5.26. The molecule has 2 unspecified atom stereocenters. The van der Waals surface area contributed by atoms with Gasteiger partial charge in [-0.05, 0) is 26.2 Å². The summed E-state index contributed by atoms with van der Waals surface area (Å²) < 4.78 is 10.5. The lowest BCUT2D eigenvalue weighted by atomic mass is 10.2. The van der Waals surface area contributed by atoms with Gasteiger partial charge in [0.15, 0.2) is 6.29 Å². The van der Waals surface area contributed by atoms with Gasteiger partial charge in [0.2, 0.25) is 0 Å². The molecule has 0 bridgehead atoms. The number of methoxy groups -OCH3 is 2. The summed E-state index contributed by atoms with van der Waals surface area (Å²) in [5, 5.41) is 3.60. The Morgan fingerprint density at radius 1 is 1.19 bits per heavy atom. The standard InChI is InChI=1S/C12H24N2O2/c1-9(12(15-2)16-3)13-10-6-7-14(8-10)11-4-5-11/h9-13H,4-8H2,1-3H3. The van der Waals surface area contributed by atoms with E-state index in [9.17, 15) is 0 Å². The van der Waals surface area contributed by atoms with Gasteiger partial charge in [0.1, 0.15) is 0 Å². The first-order valence-electron chi connectivity index (χ1n) is 6.30. The average Bonchev–Trinajstić information content (AvgIpc) is 3.02. The Bertz CT molecular complexity index is 217. The van der Waals surface area contributed by atoms with Crippen LogP contribution in [-0.2, 0) is 9.47 Å². The highest BCUT2D eigenvalue weighted by Crippen LogP contribution is 2.29. The van der Waals surface area contributed by atoms with Crippen LogP contribution >= 0.6 is 0 Å². The molecule has 0 spiro atoms. The molecule has 2 aliphatic rings. The minimum absolute atomic E-state index is 0.144. The summed E-state index contributed by atoms with van der Waals surface area (Å²) >= 11 is 0. The van der Waals surface area contributed by atoms with Crippen molar-refractivity contribution in [3.05, 3.63) is 0 Å². The van der Waals surface area contributed by atoms with Gasteiger partial charge in [-0.25, -0.2) is 0 Å². The summed E-state index contributed by atoms with van der Waals surface area (Å²) in [7, 11) is 3.38. The molecule has 0 aromatic heterocycles. The molecule has 2 rings (SSSR count).